The highest BCUT2D eigenvalue weighted by Crippen LogP contribution is 2.30. The van der Waals surface area contributed by atoms with Gasteiger partial charge in [0, 0.05) is 22.4 Å². The van der Waals surface area contributed by atoms with Crippen molar-refractivity contribution in [3.05, 3.63) is 52.2 Å². The number of para-hydroxylation sites is 1. The van der Waals surface area contributed by atoms with E-state index < -0.39 is 0 Å². The van der Waals surface area contributed by atoms with Gasteiger partial charge in [0.1, 0.15) is 5.75 Å². The molecule has 0 unspecified atom stereocenters. The molecule has 2 heterocycles. The molecule has 5 heteroatoms. The zero-order valence-electron chi connectivity index (χ0n) is 11.9. The maximum absolute atomic E-state index is 5.36. The molecule has 108 valence electrons. The van der Waals surface area contributed by atoms with Crippen molar-refractivity contribution in [1.29, 1.82) is 0 Å². The molecule has 0 amide bonds. The number of thiazole rings is 1. The van der Waals surface area contributed by atoms with Crippen molar-refractivity contribution in [2.45, 2.75) is 13.5 Å². The molecule has 21 heavy (non-hydrogen) atoms. The van der Waals surface area contributed by atoms with E-state index in [1.54, 1.807) is 29.8 Å². The van der Waals surface area contributed by atoms with Crippen LogP contribution in [0.5, 0.6) is 5.75 Å². The molecular weight excluding hydrogens is 300 g/mol. The zero-order valence-corrected chi connectivity index (χ0v) is 13.6. The van der Waals surface area contributed by atoms with Crippen molar-refractivity contribution < 1.29 is 4.74 Å². The lowest BCUT2D eigenvalue weighted by molar-refractivity contribution is 0.410. The Morgan fingerprint density at radius 3 is 2.81 bits per heavy atom. The van der Waals surface area contributed by atoms with E-state index in [2.05, 4.69) is 40.8 Å². The van der Waals surface area contributed by atoms with Crippen molar-refractivity contribution in [2.75, 3.05) is 12.4 Å². The number of nitrogens with zero attached hydrogens (tertiary/aromatic N) is 1. The standard InChI is InChI=1S/C16H16N2OS2/c1-11-7-8-15(21-11)13-10-20-16(18-13)17-9-12-5-3-4-6-14(12)19-2/h3-8,10H,9H2,1-2H3,(H,17,18). The van der Waals surface area contributed by atoms with Crippen molar-refractivity contribution in [3.8, 4) is 16.3 Å². The van der Waals surface area contributed by atoms with Crippen molar-refractivity contribution in [3.63, 3.8) is 0 Å². The van der Waals surface area contributed by atoms with Gasteiger partial charge in [-0.3, -0.25) is 0 Å². The Hall–Kier alpha value is -1.85. The van der Waals surface area contributed by atoms with Crippen LogP contribution in [0.1, 0.15) is 10.4 Å². The minimum Gasteiger partial charge on any atom is -0.496 e. The number of aromatic nitrogens is 1. The van der Waals surface area contributed by atoms with Crippen molar-refractivity contribution in [2.24, 2.45) is 0 Å². The second-order valence-corrected chi connectivity index (χ2v) is 6.76. The third kappa shape index (κ3) is 3.25. The minimum absolute atomic E-state index is 0.709. The van der Waals surface area contributed by atoms with Gasteiger partial charge >= 0.3 is 0 Å². The van der Waals surface area contributed by atoms with Gasteiger partial charge in [0.15, 0.2) is 5.13 Å². The number of ether oxygens (including phenoxy) is 1. The van der Waals surface area contributed by atoms with Gasteiger partial charge in [0.2, 0.25) is 0 Å². The van der Waals surface area contributed by atoms with Crippen molar-refractivity contribution in [1.82, 2.24) is 4.98 Å². The van der Waals surface area contributed by atoms with E-state index in [9.17, 15) is 0 Å². The number of anilines is 1. The second-order valence-electron chi connectivity index (χ2n) is 4.61. The van der Waals surface area contributed by atoms with E-state index in [1.165, 1.54) is 9.75 Å². The first-order valence-electron chi connectivity index (χ1n) is 6.64. The summed E-state index contributed by atoms with van der Waals surface area (Å²) < 4.78 is 5.36. The van der Waals surface area contributed by atoms with Crippen molar-refractivity contribution >= 4 is 27.8 Å². The molecular formula is C16H16N2OS2. The number of methoxy groups -OCH3 is 1. The average Bonchev–Trinajstić information content (AvgIpc) is 3.14. The number of hydrogen-bond acceptors (Lipinski definition) is 5. The Bertz CT molecular complexity index is 733. The molecule has 0 aliphatic carbocycles. The first-order valence-corrected chi connectivity index (χ1v) is 8.34. The van der Waals surface area contributed by atoms with E-state index in [1.807, 2.05) is 18.2 Å². The monoisotopic (exact) mass is 316 g/mol. The summed E-state index contributed by atoms with van der Waals surface area (Å²) in [7, 11) is 1.69. The third-order valence-corrected chi connectivity index (χ3v) is 4.94. The summed E-state index contributed by atoms with van der Waals surface area (Å²) in [6.45, 7) is 2.82. The molecule has 0 radical (unpaired) electrons. The molecule has 0 atom stereocenters. The molecule has 0 aliphatic heterocycles. The molecule has 0 fully saturated rings. The number of thiophene rings is 1. The molecule has 0 spiro atoms. The Morgan fingerprint density at radius 1 is 1.19 bits per heavy atom. The molecule has 3 aromatic rings. The lowest BCUT2D eigenvalue weighted by atomic mass is 10.2. The van der Waals surface area contributed by atoms with Crippen LogP contribution in [-0.2, 0) is 6.54 Å². The molecule has 3 rings (SSSR count). The summed E-state index contributed by atoms with van der Waals surface area (Å²) in [6.07, 6.45) is 0. The van der Waals surface area contributed by atoms with Gasteiger partial charge < -0.3 is 10.1 Å². The lowest BCUT2D eigenvalue weighted by Crippen LogP contribution is -2.01. The van der Waals surface area contributed by atoms with Gasteiger partial charge in [-0.15, -0.1) is 22.7 Å². The minimum atomic E-state index is 0.709. The topological polar surface area (TPSA) is 34.1 Å². The maximum atomic E-state index is 5.36. The van der Waals surface area contributed by atoms with E-state index >= 15 is 0 Å². The molecule has 0 bridgehead atoms. The summed E-state index contributed by atoms with van der Waals surface area (Å²) in [5.74, 6) is 0.899. The summed E-state index contributed by atoms with van der Waals surface area (Å²) in [5, 5.41) is 6.39. The van der Waals surface area contributed by atoms with Gasteiger partial charge in [-0.25, -0.2) is 4.98 Å². The molecule has 0 saturated carbocycles. The van der Waals surface area contributed by atoms with Gasteiger partial charge in [0.05, 0.1) is 17.7 Å². The average molecular weight is 316 g/mol. The number of nitrogens with one attached hydrogen (secondary N) is 1. The van der Waals surface area contributed by atoms with Gasteiger partial charge in [-0.05, 0) is 25.1 Å². The second kappa shape index (κ2) is 6.28. The van der Waals surface area contributed by atoms with Gasteiger partial charge in [-0.2, -0.15) is 0 Å². The summed E-state index contributed by atoms with van der Waals surface area (Å²) in [5.41, 5.74) is 2.17. The predicted molar refractivity (Wildman–Crippen MR) is 90.5 cm³/mol. The summed E-state index contributed by atoms with van der Waals surface area (Å²) in [4.78, 5) is 7.17. The van der Waals surface area contributed by atoms with E-state index in [-0.39, 0.29) is 0 Å². The highest BCUT2D eigenvalue weighted by molar-refractivity contribution is 7.16. The number of aryl methyl sites for hydroxylation is 1. The van der Waals surface area contributed by atoms with Crippen LogP contribution < -0.4 is 10.1 Å². The highest BCUT2D eigenvalue weighted by atomic mass is 32.1. The Morgan fingerprint density at radius 2 is 2.05 bits per heavy atom. The fraction of sp³-hybridized carbons (Fsp3) is 0.188. The Kier molecular flexibility index (Phi) is 4.22. The SMILES string of the molecule is COc1ccccc1CNc1nc(-c2ccc(C)s2)cs1. The quantitative estimate of drug-likeness (QED) is 0.734. The Balaban J connectivity index is 1.70. The fourth-order valence-electron chi connectivity index (χ4n) is 2.06. The zero-order chi connectivity index (χ0) is 14.7. The van der Waals surface area contributed by atoms with Crippen LogP contribution >= 0.6 is 22.7 Å². The predicted octanol–water partition coefficient (Wildman–Crippen LogP) is 4.80. The molecule has 0 saturated heterocycles. The van der Waals surface area contributed by atoms with E-state index in [0.29, 0.717) is 6.54 Å². The lowest BCUT2D eigenvalue weighted by Gasteiger charge is -2.08. The van der Waals surface area contributed by atoms with Gasteiger partial charge in [0.25, 0.3) is 0 Å². The summed E-state index contributed by atoms with van der Waals surface area (Å²) in [6, 6.07) is 12.3. The number of rotatable bonds is 5. The van der Waals surface area contributed by atoms with E-state index in [0.717, 1.165) is 22.1 Å². The molecule has 3 nitrogen and oxygen atoms in total. The van der Waals surface area contributed by atoms with E-state index in [4.69, 9.17) is 4.74 Å². The van der Waals surface area contributed by atoms with Crippen LogP contribution in [0.2, 0.25) is 0 Å². The van der Waals surface area contributed by atoms with Crippen LogP contribution in [-0.4, -0.2) is 12.1 Å². The third-order valence-electron chi connectivity index (χ3n) is 3.12. The van der Waals surface area contributed by atoms with Crippen LogP contribution in [0.4, 0.5) is 5.13 Å². The number of hydrogen-bond donors (Lipinski definition) is 1. The number of benzene rings is 1. The Labute approximate surface area is 132 Å². The maximum Gasteiger partial charge on any atom is 0.183 e. The highest BCUT2D eigenvalue weighted by Gasteiger charge is 2.07. The van der Waals surface area contributed by atoms with Crippen LogP contribution in [0, 0.1) is 6.92 Å². The first kappa shape index (κ1) is 14.1. The molecule has 2 aromatic heterocycles. The normalized spacial score (nSPS) is 10.6. The molecule has 0 aliphatic rings. The fourth-order valence-corrected chi connectivity index (χ4v) is 3.67. The van der Waals surface area contributed by atoms with Crippen LogP contribution in [0.3, 0.4) is 0 Å². The largest absolute Gasteiger partial charge is 0.496 e. The first-order chi connectivity index (χ1) is 10.3. The van der Waals surface area contributed by atoms with Crippen LogP contribution in [0.15, 0.2) is 41.8 Å². The van der Waals surface area contributed by atoms with Gasteiger partial charge in [-0.1, -0.05) is 18.2 Å². The molecule has 1 N–H and O–H groups in total. The smallest absolute Gasteiger partial charge is 0.183 e. The molecule has 1 aromatic carbocycles. The summed E-state index contributed by atoms with van der Waals surface area (Å²) >= 11 is 3.40. The van der Waals surface area contributed by atoms with Crippen LogP contribution in [0.25, 0.3) is 10.6 Å².